The second-order valence-electron chi connectivity index (χ2n) is 5.02. The molecule has 0 heterocycles. The van der Waals surface area contributed by atoms with Crippen LogP contribution in [0.5, 0.6) is 0 Å². The summed E-state index contributed by atoms with van der Waals surface area (Å²) < 4.78 is 13.0. The lowest BCUT2D eigenvalue weighted by molar-refractivity contribution is -0.385. The fourth-order valence-electron chi connectivity index (χ4n) is 2.13. The van der Waals surface area contributed by atoms with Crippen LogP contribution in [0.1, 0.15) is 11.1 Å². The minimum absolute atomic E-state index is 0.00191. The first-order valence-corrected chi connectivity index (χ1v) is 7.00. The summed E-state index contributed by atoms with van der Waals surface area (Å²) in [5, 5.41) is 16.0. The van der Waals surface area contributed by atoms with Crippen molar-refractivity contribution in [2.24, 2.45) is 0 Å². The number of hydrogen-bond donors (Lipinski definition) is 2. The molecule has 0 aliphatic rings. The number of benzene rings is 2. The summed E-state index contributed by atoms with van der Waals surface area (Å²) in [6.45, 7) is 1.95. The number of carbonyl (C=O) groups excluding carboxylic acids is 1. The van der Waals surface area contributed by atoms with Gasteiger partial charge in [0.25, 0.3) is 5.69 Å². The molecule has 0 aliphatic carbocycles. The number of aryl methyl sites for hydroxylation is 1. The molecular formula is C16H16FN3O3. The van der Waals surface area contributed by atoms with Crippen molar-refractivity contribution in [3.63, 3.8) is 0 Å². The molecule has 0 unspecified atom stereocenters. The zero-order valence-corrected chi connectivity index (χ0v) is 12.5. The molecule has 0 bridgehead atoms. The summed E-state index contributed by atoms with van der Waals surface area (Å²) in [4.78, 5) is 22.0. The van der Waals surface area contributed by atoms with Crippen LogP contribution in [0.25, 0.3) is 0 Å². The lowest BCUT2D eigenvalue weighted by Gasteiger charge is -2.08. The first kappa shape index (κ1) is 16.4. The summed E-state index contributed by atoms with van der Waals surface area (Å²) in [6.07, 6.45) is 0.504. The van der Waals surface area contributed by atoms with E-state index in [4.69, 9.17) is 0 Å². The number of halogens is 1. The van der Waals surface area contributed by atoms with Crippen molar-refractivity contribution in [1.82, 2.24) is 5.32 Å². The number of hydrogen-bond acceptors (Lipinski definition) is 3. The largest absolute Gasteiger partial charge is 0.338 e. The fourth-order valence-corrected chi connectivity index (χ4v) is 2.13. The molecule has 2 amide bonds. The van der Waals surface area contributed by atoms with Gasteiger partial charge < -0.3 is 10.6 Å². The van der Waals surface area contributed by atoms with E-state index in [1.165, 1.54) is 30.3 Å². The Hall–Kier alpha value is -2.96. The summed E-state index contributed by atoms with van der Waals surface area (Å²) in [6, 6.07) is 10.1. The number of nitrogens with one attached hydrogen (secondary N) is 2. The van der Waals surface area contributed by atoms with Crippen LogP contribution in [-0.2, 0) is 6.42 Å². The number of nitro groups is 1. The van der Waals surface area contributed by atoms with Crippen LogP contribution in [0.4, 0.5) is 20.6 Å². The van der Waals surface area contributed by atoms with Crippen molar-refractivity contribution in [2.75, 3.05) is 11.9 Å². The topological polar surface area (TPSA) is 84.3 Å². The maximum absolute atomic E-state index is 13.0. The van der Waals surface area contributed by atoms with Gasteiger partial charge in [-0.15, -0.1) is 0 Å². The van der Waals surface area contributed by atoms with Crippen LogP contribution < -0.4 is 10.6 Å². The molecule has 0 aromatic heterocycles. The molecule has 2 N–H and O–H groups in total. The molecular weight excluding hydrogens is 301 g/mol. The average molecular weight is 317 g/mol. The van der Waals surface area contributed by atoms with Crippen molar-refractivity contribution in [3.8, 4) is 0 Å². The van der Waals surface area contributed by atoms with Gasteiger partial charge in [-0.25, -0.2) is 9.18 Å². The van der Waals surface area contributed by atoms with Crippen molar-refractivity contribution < 1.29 is 14.1 Å². The quantitative estimate of drug-likeness (QED) is 0.654. The van der Waals surface area contributed by atoms with Crippen molar-refractivity contribution in [2.45, 2.75) is 13.3 Å². The summed E-state index contributed by atoms with van der Waals surface area (Å²) in [7, 11) is 0. The Kier molecular flexibility index (Phi) is 5.24. The number of nitrogens with zero attached hydrogens (tertiary/aromatic N) is 1. The zero-order valence-electron chi connectivity index (χ0n) is 12.5. The van der Waals surface area contributed by atoms with Crippen LogP contribution >= 0.6 is 0 Å². The van der Waals surface area contributed by atoms with E-state index in [2.05, 4.69) is 10.6 Å². The van der Waals surface area contributed by atoms with Gasteiger partial charge >= 0.3 is 6.03 Å². The molecule has 0 aliphatic heterocycles. The Balaban J connectivity index is 1.85. The smallest absolute Gasteiger partial charge is 0.319 e. The third kappa shape index (κ3) is 4.77. The van der Waals surface area contributed by atoms with E-state index in [9.17, 15) is 19.3 Å². The maximum Gasteiger partial charge on any atom is 0.319 e. The normalized spacial score (nSPS) is 10.2. The van der Waals surface area contributed by atoms with Gasteiger partial charge in [-0.05, 0) is 43.2 Å². The van der Waals surface area contributed by atoms with Crippen LogP contribution in [-0.4, -0.2) is 17.5 Å². The predicted molar refractivity (Wildman–Crippen MR) is 85.0 cm³/mol. The third-order valence-corrected chi connectivity index (χ3v) is 3.24. The molecule has 0 radical (unpaired) electrons. The molecule has 7 heteroatoms. The average Bonchev–Trinajstić information content (AvgIpc) is 2.47. The van der Waals surface area contributed by atoms with Gasteiger partial charge in [0.2, 0.25) is 0 Å². The third-order valence-electron chi connectivity index (χ3n) is 3.24. The highest BCUT2D eigenvalue weighted by molar-refractivity contribution is 5.89. The Labute approximate surface area is 132 Å². The van der Waals surface area contributed by atoms with Gasteiger partial charge in [0.05, 0.1) is 4.92 Å². The van der Waals surface area contributed by atoms with E-state index in [1.807, 2.05) is 0 Å². The first-order valence-electron chi connectivity index (χ1n) is 7.00. The Morgan fingerprint density at radius 1 is 1.26 bits per heavy atom. The molecule has 2 rings (SSSR count). The van der Waals surface area contributed by atoms with Crippen LogP contribution in [0.2, 0.25) is 0 Å². The van der Waals surface area contributed by atoms with Gasteiger partial charge in [-0.2, -0.15) is 0 Å². The molecule has 23 heavy (non-hydrogen) atoms. The zero-order chi connectivity index (χ0) is 16.8. The number of anilines is 1. The van der Waals surface area contributed by atoms with Crippen molar-refractivity contribution in [3.05, 3.63) is 69.5 Å². The molecule has 0 spiro atoms. The first-order chi connectivity index (χ1) is 11.0. The van der Waals surface area contributed by atoms with E-state index >= 15 is 0 Å². The highest BCUT2D eigenvalue weighted by Gasteiger charge is 2.11. The number of rotatable bonds is 5. The Morgan fingerprint density at radius 3 is 2.70 bits per heavy atom. The highest BCUT2D eigenvalue weighted by atomic mass is 19.1. The highest BCUT2D eigenvalue weighted by Crippen LogP contribution is 2.21. The van der Waals surface area contributed by atoms with Crippen molar-refractivity contribution >= 4 is 17.4 Å². The van der Waals surface area contributed by atoms with Crippen LogP contribution in [0.15, 0.2) is 42.5 Å². The minimum atomic E-state index is -0.474. The monoisotopic (exact) mass is 317 g/mol. The summed E-state index contributed by atoms with van der Waals surface area (Å²) in [5.74, 6) is -0.312. The maximum atomic E-state index is 13.0. The van der Waals surface area contributed by atoms with Gasteiger partial charge in [0.1, 0.15) is 5.82 Å². The number of urea groups is 1. The minimum Gasteiger partial charge on any atom is -0.338 e. The van der Waals surface area contributed by atoms with Gasteiger partial charge in [0, 0.05) is 23.9 Å². The van der Waals surface area contributed by atoms with Crippen molar-refractivity contribution in [1.29, 1.82) is 0 Å². The fraction of sp³-hybridized carbons (Fsp3) is 0.188. The van der Waals surface area contributed by atoms with Gasteiger partial charge in [-0.3, -0.25) is 10.1 Å². The number of carbonyl (C=O) groups is 1. The second-order valence-corrected chi connectivity index (χ2v) is 5.02. The molecule has 0 saturated heterocycles. The molecule has 120 valence electrons. The SMILES string of the molecule is Cc1cc(NC(=O)NCCc2cccc(F)c2)ccc1[N+](=O)[O-]. The van der Waals surface area contributed by atoms with E-state index in [-0.39, 0.29) is 11.5 Å². The van der Waals surface area contributed by atoms with E-state index < -0.39 is 11.0 Å². The number of amides is 2. The standard InChI is InChI=1S/C16H16FN3O3/c1-11-9-14(5-6-15(11)20(22)23)19-16(21)18-8-7-12-3-2-4-13(17)10-12/h2-6,9-10H,7-8H2,1H3,(H2,18,19,21). The molecule has 0 fully saturated rings. The molecule has 0 atom stereocenters. The Bertz CT molecular complexity index is 734. The lowest BCUT2D eigenvalue weighted by atomic mass is 10.1. The number of nitro benzene ring substituents is 1. The molecule has 2 aromatic carbocycles. The van der Waals surface area contributed by atoms with E-state index in [0.29, 0.717) is 24.2 Å². The van der Waals surface area contributed by atoms with Crippen LogP contribution in [0.3, 0.4) is 0 Å². The molecule has 6 nitrogen and oxygen atoms in total. The van der Waals surface area contributed by atoms with E-state index in [0.717, 1.165) is 5.56 Å². The van der Waals surface area contributed by atoms with Gasteiger partial charge in [-0.1, -0.05) is 12.1 Å². The molecule has 2 aromatic rings. The van der Waals surface area contributed by atoms with Gasteiger partial charge in [0.15, 0.2) is 0 Å². The summed E-state index contributed by atoms with van der Waals surface area (Å²) in [5.41, 5.74) is 1.72. The van der Waals surface area contributed by atoms with E-state index in [1.54, 1.807) is 19.1 Å². The Morgan fingerprint density at radius 2 is 2.04 bits per heavy atom. The second kappa shape index (κ2) is 7.35. The lowest BCUT2D eigenvalue weighted by Crippen LogP contribution is -2.30. The predicted octanol–water partition coefficient (Wildman–Crippen LogP) is 3.41. The summed E-state index contributed by atoms with van der Waals surface area (Å²) >= 11 is 0. The van der Waals surface area contributed by atoms with Crippen LogP contribution in [0, 0.1) is 22.9 Å². The molecule has 0 saturated carbocycles.